The zero-order valence-electron chi connectivity index (χ0n) is 14.0. The Balaban J connectivity index is 1.96. The number of aromatic nitrogens is 2. The first kappa shape index (κ1) is 17.3. The van der Waals surface area contributed by atoms with E-state index in [4.69, 9.17) is 5.73 Å². The van der Waals surface area contributed by atoms with Crippen molar-refractivity contribution in [2.45, 2.75) is 26.1 Å². The molecule has 2 N–H and O–H groups in total. The predicted octanol–water partition coefficient (Wildman–Crippen LogP) is 3.08. The Morgan fingerprint density at radius 1 is 1.12 bits per heavy atom. The highest BCUT2D eigenvalue weighted by Gasteiger charge is 2.28. The van der Waals surface area contributed by atoms with Crippen molar-refractivity contribution < 1.29 is 4.79 Å². The molecule has 5 nitrogen and oxygen atoms in total. The zero-order valence-corrected chi connectivity index (χ0v) is 14.8. The van der Waals surface area contributed by atoms with Crippen LogP contribution in [0, 0.1) is 6.92 Å². The number of primary amides is 1. The molecule has 128 valence electrons. The van der Waals surface area contributed by atoms with E-state index in [2.05, 4.69) is 14.9 Å². The van der Waals surface area contributed by atoms with Crippen LogP contribution < -0.4 is 5.73 Å². The molecular formula is C19H20N4OS. The minimum absolute atomic E-state index is 0.349. The fourth-order valence-corrected chi connectivity index (χ4v) is 3.90. The fraction of sp³-hybridized carbons (Fsp3) is 0.211. The molecule has 0 spiro atoms. The van der Waals surface area contributed by atoms with Crippen LogP contribution in [0.2, 0.25) is 0 Å². The Labute approximate surface area is 151 Å². The summed E-state index contributed by atoms with van der Waals surface area (Å²) in [5, 5.41) is 1.99. The molecule has 0 aliphatic heterocycles. The van der Waals surface area contributed by atoms with Crippen molar-refractivity contribution in [2.75, 3.05) is 0 Å². The number of hydrogen-bond acceptors (Lipinski definition) is 5. The van der Waals surface area contributed by atoms with Crippen molar-refractivity contribution in [3.63, 3.8) is 0 Å². The Hall–Kier alpha value is -2.57. The molecular weight excluding hydrogens is 332 g/mol. The molecule has 1 atom stereocenters. The van der Waals surface area contributed by atoms with E-state index in [9.17, 15) is 4.79 Å². The average Bonchev–Trinajstić information content (AvgIpc) is 3.02. The monoisotopic (exact) mass is 352 g/mol. The maximum atomic E-state index is 12.3. The van der Waals surface area contributed by atoms with Crippen LogP contribution in [0.25, 0.3) is 0 Å². The lowest BCUT2D eigenvalue weighted by atomic mass is 10.1. The van der Waals surface area contributed by atoms with Gasteiger partial charge >= 0.3 is 0 Å². The van der Waals surface area contributed by atoms with Gasteiger partial charge in [-0.25, -0.2) is 0 Å². The van der Waals surface area contributed by atoms with Gasteiger partial charge in [-0.2, -0.15) is 0 Å². The summed E-state index contributed by atoms with van der Waals surface area (Å²) >= 11 is 1.56. The number of nitrogens with zero attached hydrogens (tertiary/aromatic N) is 3. The molecule has 1 amide bonds. The van der Waals surface area contributed by atoms with Crippen LogP contribution in [0.15, 0.2) is 60.5 Å². The number of pyridine rings is 2. The third-order valence-electron chi connectivity index (χ3n) is 4.00. The van der Waals surface area contributed by atoms with Gasteiger partial charge in [0.2, 0.25) is 5.91 Å². The van der Waals surface area contributed by atoms with Crippen LogP contribution in [-0.4, -0.2) is 20.8 Å². The summed E-state index contributed by atoms with van der Waals surface area (Å²) in [5.74, 6) is -0.349. The van der Waals surface area contributed by atoms with Gasteiger partial charge in [0.05, 0.1) is 0 Å². The van der Waals surface area contributed by atoms with Gasteiger partial charge in [0.15, 0.2) is 0 Å². The molecule has 3 heterocycles. The molecule has 1 unspecified atom stereocenters. The Morgan fingerprint density at radius 2 is 1.72 bits per heavy atom. The highest BCUT2D eigenvalue weighted by molar-refractivity contribution is 7.10. The van der Waals surface area contributed by atoms with E-state index >= 15 is 0 Å². The standard InChI is InChI=1S/C19H20N4OS/c1-14-6-9-25-18(14)17(19(20)24)23(12-15-4-2-7-21-10-15)13-16-5-3-8-22-11-16/h2-11,17H,12-13H2,1H3,(H2,20,24). The van der Waals surface area contributed by atoms with E-state index in [1.54, 1.807) is 23.7 Å². The van der Waals surface area contributed by atoms with E-state index in [0.717, 1.165) is 21.6 Å². The Morgan fingerprint density at radius 3 is 2.12 bits per heavy atom. The van der Waals surface area contributed by atoms with E-state index in [0.29, 0.717) is 13.1 Å². The summed E-state index contributed by atoms with van der Waals surface area (Å²) in [7, 11) is 0. The van der Waals surface area contributed by atoms with Crippen LogP contribution in [0.5, 0.6) is 0 Å². The largest absolute Gasteiger partial charge is 0.368 e. The van der Waals surface area contributed by atoms with E-state index in [-0.39, 0.29) is 5.91 Å². The molecule has 3 aromatic heterocycles. The first-order valence-corrected chi connectivity index (χ1v) is 8.88. The van der Waals surface area contributed by atoms with Gasteiger partial charge in [-0.3, -0.25) is 19.7 Å². The van der Waals surface area contributed by atoms with Crippen LogP contribution in [0.1, 0.15) is 27.6 Å². The predicted molar refractivity (Wildman–Crippen MR) is 98.7 cm³/mol. The first-order chi connectivity index (χ1) is 12.1. The summed E-state index contributed by atoms with van der Waals surface area (Å²) in [6.07, 6.45) is 7.11. The molecule has 0 fully saturated rings. The molecule has 0 radical (unpaired) electrons. The lowest BCUT2D eigenvalue weighted by molar-refractivity contribution is -0.123. The molecule has 6 heteroatoms. The van der Waals surface area contributed by atoms with Crippen LogP contribution in [0.4, 0.5) is 0 Å². The normalized spacial score (nSPS) is 12.2. The molecule has 3 aromatic rings. The Kier molecular flexibility index (Phi) is 5.53. The zero-order chi connectivity index (χ0) is 17.6. The smallest absolute Gasteiger partial charge is 0.240 e. The second kappa shape index (κ2) is 8.00. The van der Waals surface area contributed by atoms with Crippen LogP contribution in [-0.2, 0) is 17.9 Å². The van der Waals surface area contributed by atoms with Gasteiger partial charge in [0.25, 0.3) is 0 Å². The molecule has 0 aromatic carbocycles. The Bertz CT molecular complexity index is 778. The average molecular weight is 352 g/mol. The van der Waals surface area contributed by atoms with E-state index in [1.807, 2.05) is 55.0 Å². The van der Waals surface area contributed by atoms with Crippen molar-refractivity contribution in [1.82, 2.24) is 14.9 Å². The number of aryl methyl sites for hydroxylation is 1. The van der Waals surface area contributed by atoms with Crippen LogP contribution in [0.3, 0.4) is 0 Å². The number of carbonyl (C=O) groups is 1. The quantitative estimate of drug-likeness (QED) is 0.709. The highest BCUT2D eigenvalue weighted by atomic mass is 32.1. The molecule has 0 aliphatic carbocycles. The lowest BCUT2D eigenvalue weighted by Gasteiger charge is -2.29. The minimum Gasteiger partial charge on any atom is -0.368 e. The molecule has 0 aliphatic rings. The third kappa shape index (κ3) is 4.29. The topological polar surface area (TPSA) is 72.1 Å². The summed E-state index contributed by atoms with van der Waals surface area (Å²) in [4.78, 5) is 23.7. The summed E-state index contributed by atoms with van der Waals surface area (Å²) in [6.45, 7) is 3.16. The van der Waals surface area contributed by atoms with Gasteiger partial charge in [-0.15, -0.1) is 11.3 Å². The first-order valence-electron chi connectivity index (χ1n) is 8.00. The van der Waals surface area contributed by atoms with Gasteiger partial charge in [-0.05, 0) is 47.2 Å². The van der Waals surface area contributed by atoms with Gasteiger partial charge in [0.1, 0.15) is 6.04 Å². The maximum absolute atomic E-state index is 12.3. The minimum atomic E-state index is -0.486. The van der Waals surface area contributed by atoms with Gasteiger partial charge in [0, 0.05) is 42.8 Å². The fourth-order valence-electron chi connectivity index (χ4n) is 2.83. The number of thiophene rings is 1. The number of carbonyl (C=O) groups excluding carboxylic acids is 1. The van der Waals surface area contributed by atoms with Gasteiger partial charge in [-0.1, -0.05) is 12.1 Å². The number of rotatable bonds is 7. The third-order valence-corrected chi connectivity index (χ3v) is 5.07. The summed E-state index contributed by atoms with van der Waals surface area (Å²) in [5.41, 5.74) is 8.95. The van der Waals surface area contributed by atoms with Crippen LogP contribution >= 0.6 is 11.3 Å². The number of hydrogen-bond donors (Lipinski definition) is 1. The highest BCUT2D eigenvalue weighted by Crippen LogP contribution is 2.31. The van der Waals surface area contributed by atoms with E-state index < -0.39 is 6.04 Å². The number of amides is 1. The van der Waals surface area contributed by atoms with Crippen molar-refractivity contribution >= 4 is 17.2 Å². The van der Waals surface area contributed by atoms with Crippen molar-refractivity contribution in [3.8, 4) is 0 Å². The van der Waals surface area contributed by atoms with Crippen molar-refractivity contribution in [2.24, 2.45) is 5.73 Å². The molecule has 3 rings (SSSR count). The van der Waals surface area contributed by atoms with Crippen molar-refractivity contribution in [3.05, 3.63) is 82.1 Å². The van der Waals surface area contributed by atoms with Crippen molar-refractivity contribution in [1.29, 1.82) is 0 Å². The van der Waals surface area contributed by atoms with E-state index in [1.165, 1.54) is 0 Å². The second-order valence-electron chi connectivity index (χ2n) is 5.90. The molecule has 25 heavy (non-hydrogen) atoms. The second-order valence-corrected chi connectivity index (χ2v) is 6.85. The summed E-state index contributed by atoms with van der Waals surface area (Å²) < 4.78 is 0. The SMILES string of the molecule is Cc1ccsc1C(C(N)=O)N(Cc1cccnc1)Cc1cccnc1. The number of nitrogens with two attached hydrogens (primary N) is 1. The van der Waals surface area contributed by atoms with Gasteiger partial charge < -0.3 is 5.73 Å². The lowest BCUT2D eigenvalue weighted by Crippen LogP contribution is -2.37. The molecule has 0 saturated carbocycles. The molecule has 0 bridgehead atoms. The maximum Gasteiger partial charge on any atom is 0.240 e. The summed E-state index contributed by atoms with van der Waals surface area (Å²) in [6, 6.07) is 9.33. The molecule has 0 saturated heterocycles.